The van der Waals surface area contributed by atoms with E-state index >= 15 is 0 Å². The van der Waals surface area contributed by atoms with Crippen molar-refractivity contribution >= 4 is 34.0 Å². The van der Waals surface area contributed by atoms with Crippen LogP contribution in [-0.2, 0) is 9.53 Å². The number of nitrogens with zero attached hydrogens (tertiary/aromatic N) is 3. The number of amides is 1. The SMILES string of the molecule is C#Cc1ccc(F)c(Nc2ncnc3cc(O[C@H]4CCOC4)c(NC(=O)/C=C/CN(C)C)cc23)c1. The van der Waals surface area contributed by atoms with Gasteiger partial charge in [0.2, 0.25) is 5.91 Å². The van der Waals surface area contributed by atoms with Gasteiger partial charge in [0.05, 0.1) is 30.1 Å². The molecule has 0 spiro atoms. The molecule has 0 aliphatic carbocycles. The molecule has 2 aromatic carbocycles. The van der Waals surface area contributed by atoms with Gasteiger partial charge in [-0.2, -0.15) is 0 Å². The number of halogens is 1. The molecule has 35 heavy (non-hydrogen) atoms. The van der Waals surface area contributed by atoms with Crippen molar-refractivity contribution in [1.29, 1.82) is 0 Å². The van der Waals surface area contributed by atoms with Crippen LogP contribution in [0.4, 0.5) is 21.6 Å². The maximum Gasteiger partial charge on any atom is 0.248 e. The van der Waals surface area contributed by atoms with Crippen LogP contribution < -0.4 is 15.4 Å². The van der Waals surface area contributed by atoms with Crippen LogP contribution in [0.3, 0.4) is 0 Å². The molecule has 0 radical (unpaired) electrons. The lowest BCUT2D eigenvalue weighted by atomic mass is 10.1. The van der Waals surface area contributed by atoms with Crippen molar-refractivity contribution in [1.82, 2.24) is 14.9 Å². The minimum absolute atomic E-state index is 0.132. The highest BCUT2D eigenvalue weighted by atomic mass is 19.1. The van der Waals surface area contributed by atoms with Gasteiger partial charge >= 0.3 is 0 Å². The van der Waals surface area contributed by atoms with Gasteiger partial charge in [0, 0.05) is 36.1 Å². The Hall–Kier alpha value is -4.00. The number of benzene rings is 2. The fourth-order valence-electron chi connectivity index (χ4n) is 3.55. The number of aromatic nitrogens is 2. The molecule has 1 aliphatic rings. The van der Waals surface area contributed by atoms with Crippen LogP contribution in [-0.4, -0.2) is 60.7 Å². The monoisotopic (exact) mass is 475 g/mol. The summed E-state index contributed by atoms with van der Waals surface area (Å²) in [7, 11) is 3.83. The van der Waals surface area contributed by atoms with E-state index < -0.39 is 5.82 Å². The summed E-state index contributed by atoms with van der Waals surface area (Å²) in [5.74, 6) is 2.53. The van der Waals surface area contributed by atoms with Gasteiger partial charge in [0.1, 0.15) is 29.8 Å². The van der Waals surface area contributed by atoms with Crippen LogP contribution in [0.2, 0.25) is 0 Å². The third kappa shape index (κ3) is 6.12. The lowest BCUT2D eigenvalue weighted by molar-refractivity contribution is -0.111. The van der Waals surface area contributed by atoms with E-state index in [1.54, 1.807) is 18.2 Å². The van der Waals surface area contributed by atoms with Gasteiger partial charge < -0.3 is 25.0 Å². The highest BCUT2D eigenvalue weighted by Gasteiger charge is 2.21. The first-order valence-corrected chi connectivity index (χ1v) is 11.1. The molecule has 180 valence electrons. The minimum Gasteiger partial charge on any atom is -0.486 e. The quantitative estimate of drug-likeness (QED) is 0.379. The van der Waals surface area contributed by atoms with Crippen molar-refractivity contribution < 1.29 is 18.7 Å². The number of carbonyl (C=O) groups is 1. The van der Waals surface area contributed by atoms with E-state index in [0.717, 1.165) is 6.42 Å². The summed E-state index contributed by atoms with van der Waals surface area (Å²) < 4.78 is 26.0. The fourth-order valence-corrected chi connectivity index (χ4v) is 3.55. The number of terminal acetylenes is 1. The molecule has 1 aliphatic heterocycles. The topological polar surface area (TPSA) is 88.6 Å². The van der Waals surface area contributed by atoms with E-state index in [1.165, 1.54) is 30.6 Å². The number of fused-ring (bicyclic) bond motifs is 1. The molecule has 0 bridgehead atoms. The molecule has 1 atom stereocenters. The zero-order valence-corrected chi connectivity index (χ0v) is 19.5. The summed E-state index contributed by atoms with van der Waals surface area (Å²) in [5, 5.41) is 6.44. The summed E-state index contributed by atoms with van der Waals surface area (Å²) >= 11 is 0. The van der Waals surface area contributed by atoms with Crippen molar-refractivity contribution in [2.75, 3.05) is 44.5 Å². The van der Waals surface area contributed by atoms with Gasteiger partial charge in [0.25, 0.3) is 0 Å². The van der Waals surface area contributed by atoms with E-state index in [-0.39, 0.29) is 17.7 Å². The van der Waals surface area contributed by atoms with Crippen molar-refractivity contribution in [2.45, 2.75) is 12.5 Å². The molecule has 4 rings (SSSR count). The first-order chi connectivity index (χ1) is 16.9. The van der Waals surface area contributed by atoms with Gasteiger partial charge in [-0.25, -0.2) is 14.4 Å². The molecule has 1 saturated heterocycles. The van der Waals surface area contributed by atoms with Gasteiger partial charge in [0.15, 0.2) is 0 Å². The molecular weight excluding hydrogens is 449 g/mol. The molecule has 0 saturated carbocycles. The number of hydrogen-bond acceptors (Lipinski definition) is 7. The van der Waals surface area contributed by atoms with Crippen molar-refractivity contribution in [3.8, 4) is 18.1 Å². The number of likely N-dealkylation sites (N-methyl/N-ethyl adjacent to an activating group) is 1. The Kier molecular flexibility index (Phi) is 7.55. The number of hydrogen-bond donors (Lipinski definition) is 2. The molecular formula is C26H26FN5O3. The summed E-state index contributed by atoms with van der Waals surface area (Å²) in [6.07, 6.45) is 10.7. The van der Waals surface area contributed by atoms with Crippen molar-refractivity contribution in [2.24, 2.45) is 0 Å². The van der Waals surface area contributed by atoms with Crippen molar-refractivity contribution in [3.05, 3.63) is 60.2 Å². The Labute approximate surface area is 203 Å². The molecule has 1 aromatic heterocycles. The highest BCUT2D eigenvalue weighted by Crippen LogP contribution is 2.35. The standard InChI is InChI=1S/C26H26FN5O3/c1-4-17-7-8-20(27)22(12-17)31-26-19-13-23(30-25(33)6-5-10-32(2)3)24(14-21(19)28-16-29-26)35-18-9-11-34-15-18/h1,5-8,12-14,16,18H,9-11,15H2,2-3H3,(H,30,33)(H,28,29,31)/b6-5+/t18-/m0/s1. The summed E-state index contributed by atoms with van der Waals surface area (Å²) in [4.78, 5) is 23.2. The Balaban J connectivity index is 1.71. The smallest absolute Gasteiger partial charge is 0.248 e. The van der Waals surface area contributed by atoms with Crippen LogP contribution in [0, 0.1) is 18.2 Å². The van der Waals surface area contributed by atoms with E-state index in [0.29, 0.717) is 53.5 Å². The lowest BCUT2D eigenvalue weighted by Gasteiger charge is -2.18. The number of anilines is 3. The molecule has 2 heterocycles. The van der Waals surface area contributed by atoms with Crippen LogP contribution in [0.15, 0.2) is 48.8 Å². The summed E-state index contributed by atoms with van der Waals surface area (Å²) in [5.41, 5.74) is 1.71. The molecule has 2 N–H and O–H groups in total. The predicted molar refractivity (Wildman–Crippen MR) is 133 cm³/mol. The van der Waals surface area contributed by atoms with Crippen LogP contribution >= 0.6 is 0 Å². The Morgan fingerprint density at radius 2 is 2.17 bits per heavy atom. The lowest BCUT2D eigenvalue weighted by Crippen LogP contribution is -2.18. The summed E-state index contributed by atoms with van der Waals surface area (Å²) in [6, 6.07) is 7.78. The minimum atomic E-state index is -0.475. The Morgan fingerprint density at radius 3 is 2.91 bits per heavy atom. The molecule has 3 aromatic rings. The van der Waals surface area contributed by atoms with Gasteiger partial charge in [-0.05, 0) is 38.4 Å². The average Bonchev–Trinajstić information content (AvgIpc) is 3.34. The number of ether oxygens (including phenoxy) is 2. The normalized spacial score (nSPS) is 15.5. The number of carbonyl (C=O) groups excluding carboxylic acids is 1. The van der Waals surface area contributed by atoms with Crippen molar-refractivity contribution in [3.63, 3.8) is 0 Å². The number of nitrogens with one attached hydrogen (secondary N) is 2. The predicted octanol–water partition coefficient (Wildman–Crippen LogP) is 3.72. The Bertz CT molecular complexity index is 1300. The zero-order valence-electron chi connectivity index (χ0n) is 19.5. The maximum atomic E-state index is 14.4. The molecule has 1 amide bonds. The van der Waals surface area contributed by atoms with E-state index in [2.05, 4.69) is 26.5 Å². The molecule has 8 nitrogen and oxygen atoms in total. The van der Waals surface area contributed by atoms with Crippen LogP contribution in [0.5, 0.6) is 5.75 Å². The summed E-state index contributed by atoms with van der Waals surface area (Å²) in [6.45, 7) is 1.71. The molecule has 9 heteroatoms. The first-order valence-electron chi connectivity index (χ1n) is 11.1. The molecule has 1 fully saturated rings. The highest BCUT2D eigenvalue weighted by molar-refractivity contribution is 6.03. The maximum absolute atomic E-state index is 14.4. The molecule has 0 unspecified atom stereocenters. The van der Waals surface area contributed by atoms with E-state index in [9.17, 15) is 9.18 Å². The van der Waals surface area contributed by atoms with Gasteiger partial charge in [-0.1, -0.05) is 12.0 Å². The van der Waals surface area contributed by atoms with Gasteiger partial charge in [-0.3, -0.25) is 4.79 Å². The fraction of sp³-hybridized carbons (Fsp3) is 0.269. The van der Waals surface area contributed by atoms with Gasteiger partial charge in [-0.15, -0.1) is 6.42 Å². The third-order valence-electron chi connectivity index (χ3n) is 5.30. The Morgan fingerprint density at radius 1 is 1.31 bits per heavy atom. The second-order valence-electron chi connectivity index (χ2n) is 8.31. The number of rotatable bonds is 8. The van der Waals surface area contributed by atoms with Crippen LogP contribution in [0.1, 0.15) is 12.0 Å². The average molecular weight is 476 g/mol. The van der Waals surface area contributed by atoms with E-state index in [4.69, 9.17) is 15.9 Å². The zero-order chi connectivity index (χ0) is 24.8. The second-order valence-corrected chi connectivity index (χ2v) is 8.31. The largest absolute Gasteiger partial charge is 0.486 e. The first kappa shape index (κ1) is 24.1. The third-order valence-corrected chi connectivity index (χ3v) is 5.30. The van der Waals surface area contributed by atoms with Crippen LogP contribution in [0.25, 0.3) is 10.9 Å². The van der Waals surface area contributed by atoms with E-state index in [1.807, 2.05) is 19.0 Å². The second kappa shape index (κ2) is 11.0.